The Morgan fingerprint density at radius 3 is 2.43 bits per heavy atom. The van der Waals surface area contributed by atoms with Crippen LogP contribution in [0.5, 0.6) is 0 Å². The first-order valence-corrected chi connectivity index (χ1v) is 7.42. The van der Waals surface area contributed by atoms with Crippen molar-refractivity contribution in [2.24, 2.45) is 5.73 Å². The van der Waals surface area contributed by atoms with Crippen LogP contribution in [0.2, 0.25) is 0 Å². The maximum Gasteiger partial charge on any atom is 0.311 e. The molecule has 6 nitrogen and oxygen atoms in total. The summed E-state index contributed by atoms with van der Waals surface area (Å²) >= 11 is 1.11. The lowest BCUT2D eigenvalue weighted by atomic mass is 9.95. The van der Waals surface area contributed by atoms with Crippen LogP contribution in [0.4, 0.5) is 9.39 Å². The van der Waals surface area contributed by atoms with Gasteiger partial charge in [0.15, 0.2) is 0 Å². The van der Waals surface area contributed by atoms with E-state index in [0.717, 1.165) is 23.5 Å². The molecular weight excluding hydrogens is 323 g/mol. The van der Waals surface area contributed by atoms with Crippen LogP contribution in [-0.4, -0.2) is 22.9 Å². The monoisotopic (exact) mass is 336 g/mol. The number of nitrogens with one attached hydrogen (secondary N) is 1. The lowest BCUT2D eigenvalue weighted by Crippen LogP contribution is -2.22. The number of rotatable bonds is 6. The van der Waals surface area contributed by atoms with Gasteiger partial charge >= 0.3 is 5.97 Å². The Morgan fingerprint density at radius 2 is 1.87 bits per heavy atom. The van der Waals surface area contributed by atoms with E-state index in [0.29, 0.717) is 5.56 Å². The summed E-state index contributed by atoms with van der Waals surface area (Å²) in [6.45, 7) is 0. The highest BCUT2D eigenvalue weighted by Gasteiger charge is 2.24. The molecule has 0 aliphatic heterocycles. The van der Waals surface area contributed by atoms with Crippen molar-refractivity contribution in [2.45, 2.75) is 12.3 Å². The fourth-order valence-corrected chi connectivity index (χ4v) is 2.81. The normalized spacial score (nSPS) is 11.7. The first-order chi connectivity index (χ1) is 10.9. The number of nitrogens with two attached hydrogens (primary N) is 1. The van der Waals surface area contributed by atoms with Crippen LogP contribution in [0.15, 0.2) is 35.7 Å². The van der Waals surface area contributed by atoms with E-state index in [9.17, 15) is 23.9 Å². The van der Waals surface area contributed by atoms with Gasteiger partial charge < -0.3 is 16.2 Å². The second kappa shape index (κ2) is 7.01. The van der Waals surface area contributed by atoms with Gasteiger partial charge in [-0.15, -0.1) is 11.3 Å². The van der Waals surface area contributed by atoms with Crippen molar-refractivity contribution >= 4 is 34.1 Å². The molecule has 0 radical (unpaired) electrons. The number of carbonyl (C=O) groups excluding carboxylic acids is 2. The Kier molecular flexibility index (Phi) is 5.07. The summed E-state index contributed by atoms with van der Waals surface area (Å²) in [5.74, 6) is -4.07. The van der Waals surface area contributed by atoms with Gasteiger partial charge in [0.1, 0.15) is 10.8 Å². The molecular formula is C15H13FN2O4S. The Balaban J connectivity index is 2.12. The molecule has 8 heteroatoms. The highest BCUT2D eigenvalue weighted by atomic mass is 32.1. The molecule has 0 unspecified atom stereocenters. The molecule has 2 aromatic rings. The van der Waals surface area contributed by atoms with Crippen LogP contribution in [0.25, 0.3) is 0 Å². The van der Waals surface area contributed by atoms with Crippen molar-refractivity contribution in [3.05, 3.63) is 52.7 Å². The lowest BCUT2D eigenvalue weighted by molar-refractivity contribution is -0.140. The summed E-state index contributed by atoms with van der Waals surface area (Å²) in [6.07, 6.45) is -0.350. The summed E-state index contributed by atoms with van der Waals surface area (Å²) in [5, 5.41) is 13.6. The molecule has 0 bridgehead atoms. The number of carbonyl (C=O) groups is 3. The molecule has 1 atom stereocenters. The molecule has 2 amide bonds. The molecule has 4 N–H and O–H groups in total. The van der Waals surface area contributed by atoms with Crippen molar-refractivity contribution in [3.8, 4) is 0 Å². The van der Waals surface area contributed by atoms with Crippen molar-refractivity contribution < 1.29 is 23.9 Å². The number of benzene rings is 1. The minimum absolute atomic E-state index is 0.164. The second-order valence-electron chi connectivity index (χ2n) is 4.72. The molecule has 0 fully saturated rings. The van der Waals surface area contributed by atoms with E-state index < -0.39 is 29.5 Å². The highest BCUT2D eigenvalue weighted by Crippen LogP contribution is 2.25. The Bertz CT molecular complexity index is 742. The van der Waals surface area contributed by atoms with E-state index in [1.807, 2.05) is 0 Å². The molecule has 1 heterocycles. The quantitative estimate of drug-likeness (QED) is 0.751. The number of anilines is 1. The Hall–Kier alpha value is -2.74. The van der Waals surface area contributed by atoms with Crippen molar-refractivity contribution in [1.82, 2.24) is 0 Å². The van der Waals surface area contributed by atoms with Crippen LogP contribution >= 0.6 is 11.3 Å². The van der Waals surface area contributed by atoms with Gasteiger partial charge in [0.05, 0.1) is 11.5 Å². The summed E-state index contributed by atoms with van der Waals surface area (Å²) in [7, 11) is 0. The number of carboxylic acid groups (broad SMARTS) is 1. The zero-order valence-corrected chi connectivity index (χ0v) is 12.6. The number of aliphatic carboxylic acids is 1. The Labute approximate surface area is 134 Å². The summed E-state index contributed by atoms with van der Waals surface area (Å²) in [4.78, 5) is 34.6. The predicted octanol–water partition coefficient (Wildman–Crippen LogP) is 2.18. The second-order valence-corrected chi connectivity index (χ2v) is 5.64. The molecule has 0 aliphatic rings. The fraction of sp³-hybridized carbons (Fsp3) is 0.133. The van der Waals surface area contributed by atoms with E-state index in [2.05, 4.69) is 5.32 Å². The number of hydrogen-bond donors (Lipinski definition) is 3. The Morgan fingerprint density at radius 1 is 1.22 bits per heavy atom. The van der Waals surface area contributed by atoms with Crippen LogP contribution in [-0.2, 0) is 9.59 Å². The number of primary amides is 1. The molecule has 0 saturated carbocycles. The van der Waals surface area contributed by atoms with Crippen molar-refractivity contribution in [2.75, 3.05) is 5.32 Å². The molecule has 0 spiro atoms. The maximum absolute atomic E-state index is 12.9. The molecule has 1 aromatic heterocycles. The smallest absolute Gasteiger partial charge is 0.311 e. The van der Waals surface area contributed by atoms with Crippen molar-refractivity contribution in [3.63, 3.8) is 0 Å². The third kappa shape index (κ3) is 4.13. The van der Waals surface area contributed by atoms with Gasteiger partial charge in [-0.3, -0.25) is 14.4 Å². The van der Waals surface area contributed by atoms with E-state index in [-0.39, 0.29) is 17.0 Å². The van der Waals surface area contributed by atoms with Gasteiger partial charge in [0.2, 0.25) is 5.91 Å². The number of carboxylic acids is 1. The van der Waals surface area contributed by atoms with E-state index in [1.54, 1.807) is 5.38 Å². The van der Waals surface area contributed by atoms with Crippen LogP contribution in [0, 0.1) is 5.82 Å². The van der Waals surface area contributed by atoms with Crippen molar-refractivity contribution in [1.29, 1.82) is 0 Å². The van der Waals surface area contributed by atoms with Gasteiger partial charge in [-0.05, 0) is 29.1 Å². The summed E-state index contributed by atoms with van der Waals surface area (Å²) in [6, 6.07) is 6.38. The first kappa shape index (κ1) is 16.6. The molecule has 120 valence electrons. The molecule has 0 aliphatic carbocycles. The molecule has 1 aromatic carbocycles. The molecule has 0 saturated heterocycles. The summed E-state index contributed by atoms with van der Waals surface area (Å²) < 4.78 is 12.9. The van der Waals surface area contributed by atoms with E-state index in [1.165, 1.54) is 18.2 Å². The standard InChI is InChI=1S/C15H13FN2O4S/c16-9-3-1-8(2-4-9)11(15(21)22)7-12(19)18-14-10(13(17)20)5-6-23-14/h1-6,11H,7H2,(H2,17,20)(H,18,19)(H,21,22)/t11-/m0/s1. The average molecular weight is 336 g/mol. The minimum Gasteiger partial charge on any atom is -0.481 e. The third-order valence-corrected chi connectivity index (χ3v) is 3.97. The zero-order valence-electron chi connectivity index (χ0n) is 11.8. The number of thiophene rings is 1. The third-order valence-electron chi connectivity index (χ3n) is 3.14. The van der Waals surface area contributed by atoms with Crippen LogP contribution in [0.1, 0.15) is 28.3 Å². The highest BCUT2D eigenvalue weighted by molar-refractivity contribution is 7.14. The van der Waals surface area contributed by atoms with Gasteiger partial charge in [-0.2, -0.15) is 0 Å². The van der Waals surface area contributed by atoms with Crippen LogP contribution < -0.4 is 11.1 Å². The minimum atomic E-state index is -1.20. The average Bonchev–Trinajstić information content (AvgIpc) is 2.94. The SMILES string of the molecule is NC(=O)c1ccsc1NC(=O)C[C@H](C(=O)O)c1ccc(F)cc1. The first-order valence-electron chi connectivity index (χ1n) is 6.54. The van der Waals surface area contributed by atoms with Gasteiger partial charge in [0, 0.05) is 6.42 Å². The number of hydrogen-bond acceptors (Lipinski definition) is 4. The summed E-state index contributed by atoms with van der Waals surface area (Å²) in [5.41, 5.74) is 5.66. The van der Waals surface area contributed by atoms with Gasteiger partial charge in [-0.1, -0.05) is 12.1 Å². The zero-order chi connectivity index (χ0) is 17.0. The van der Waals surface area contributed by atoms with Gasteiger partial charge in [-0.25, -0.2) is 4.39 Å². The topological polar surface area (TPSA) is 109 Å². The van der Waals surface area contributed by atoms with Gasteiger partial charge in [0.25, 0.3) is 5.91 Å². The molecule has 2 rings (SSSR count). The maximum atomic E-state index is 12.9. The van der Waals surface area contributed by atoms with Crippen LogP contribution in [0.3, 0.4) is 0 Å². The lowest BCUT2D eigenvalue weighted by Gasteiger charge is -2.12. The number of amides is 2. The largest absolute Gasteiger partial charge is 0.481 e. The number of halogens is 1. The predicted molar refractivity (Wildman–Crippen MR) is 82.9 cm³/mol. The molecule has 23 heavy (non-hydrogen) atoms. The fourth-order valence-electron chi connectivity index (χ4n) is 2.01. The van der Waals surface area contributed by atoms with E-state index in [4.69, 9.17) is 5.73 Å². The van der Waals surface area contributed by atoms with E-state index >= 15 is 0 Å².